The van der Waals surface area contributed by atoms with Gasteiger partial charge in [-0.1, -0.05) is 25.1 Å². The quantitative estimate of drug-likeness (QED) is 0.366. The van der Waals surface area contributed by atoms with E-state index in [0.29, 0.717) is 29.6 Å². The normalized spacial score (nSPS) is 19.2. The molecule has 2 aliphatic rings. The molecule has 3 aromatic carbocycles. The molecule has 0 spiro atoms. The van der Waals surface area contributed by atoms with Gasteiger partial charge in [-0.15, -0.1) is 0 Å². The van der Waals surface area contributed by atoms with E-state index in [2.05, 4.69) is 6.92 Å². The van der Waals surface area contributed by atoms with Gasteiger partial charge in [0.15, 0.2) is 11.5 Å². The maximum Gasteiger partial charge on any atom is 0.303 e. The number of fused-ring (bicyclic) bond motifs is 2. The molecule has 38 heavy (non-hydrogen) atoms. The van der Waals surface area contributed by atoms with E-state index in [4.69, 9.17) is 23.7 Å². The molecule has 8 heteroatoms. The van der Waals surface area contributed by atoms with Crippen molar-refractivity contribution in [2.24, 2.45) is 5.92 Å². The number of carboxylic acids is 1. The zero-order valence-corrected chi connectivity index (χ0v) is 21.5. The average Bonchev–Trinajstić information content (AvgIpc) is 3.51. The largest absolute Gasteiger partial charge is 0.497 e. The number of benzene rings is 3. The second kappa shape index (κ2) is 11.2. The van der Waals surface area contributed by atoms with Gasteiger partial charge in [0, 0.05) is 29.9 Å². The number of carbonyl (C=O) groups is 1. The molecule has 1 aliphatic heterocycles. The summed E-state index contributed by atoms with van der Waals surface area (Å²) in [7, 11) is 1.58. The van der Waals surface area contributed by atoms with E-state index in [1.165, 1.54) is 0 Å². The fourth-order valence-corrected chi connectivity index (χ4v) is 5.62. The molecule has 3 aromatic rings. The molecule has 1 aliphatic carbocycles. The number of rotatable bonds is 11. The highest BCUT2D eigenvalue weighted by Crippen LogP contribution is 2.57. The Morgan fingerprint density at radius 2 is 1.68 bits per heavy atom. The first-order chi connectivity index (χ1) is 18.5. The number of methoxy groups -OCH3 is 1. The standard InChI is InChI=1S/C30H32O8/c1-3-11-35-20-6-7-21-23(14-20)30(22-8-5-19(34-2)15-26(22)36-12-10-31)24(16-28(32)33)29(21)18-4-9-25-27(13-18)38-17-37-25/h4-9,13-15,24,29-31H,3,10-12,16-17H2,1-2H3,(H,32,33). The van der Waals surface area contributed by atoms with E-state index >= 15 is 0 Å². The van der Waals surface area contributed by atoms with E-state index in [0.717, 1.165) is 34.4 Å². The van der Waals surface area contributed by atoms with Crippen LogP contribution in [0.5, 0.6) is 28.7 Å². The molecule has 200 valence electrons. The van der Waals surface area contributed by atoms with Crippen molar-refractivity contribution in [1.82, 2.24) is 0 Å². The lowest BCUT2D eigenvalue weighted by Gasteiger charge is -2.27. The summed E-state index contributed by atoms with van der Waals surface area (Å²) in [5.41, 5.74) is 3.82. The van der Waals surface area contributed by atoms with Crippen molar-refractivity contribution in [2.45, 2.75) is 31.6 Å². The van der Waals surface area contributed by atoms with Gasteiger partial charge in [-0.05, 0) is 59.4 Å². The third-order valence-corrected chi connectivity index (χ3v) is 7.13. The molecule has 0 radical (unpaired) electrons. The molecule has 0 saturated heterocycles. The summed E-state index contributed by atoms with van der Waals surface area (Å²) < 4.78 is 28.5. The molecular formula is C30H32O8. The Balaban J connectivity index is 1.69. The Morgan fingerprint density at radius 3 is 2.45 bits per heavy atom. The molecule has 0 saturated carbocycles. The highest BCUT2D eigenvalue weighted by atomic mass is 16.7. The molecule has 2 N–H and O–H groups in total. The van der Waals surface area contributed by atoms with Crippen LogP contribution in [0.2, 0.25) is 0 Å². The minimum atomic E-state index is -0.882. The lowest BCUT2D eigenvalue weighted by atomic mass is 9.77. The van der Waals surface area contributed by atoms with Gasteiger partial charge in [0.05, 0.1) is 20.3 Å². The molecule has 1 heterocycles. The van der Waals surface area contributed by atoms with Gasteiger partial charge in [0.1, 0.15) is 23.9 Å². The predicted octanol–water partition coefficient (Wildman–Crippen LogP) is 4.95. The van der Waals surface area contributed by atoms with Gasteiger partial charge in [-0.25, -0.2) is 0 Å². The van der Waals surface area contributed by atoms with Crippen LogP contribution in [-0.2, 0) is 4.79 Å². The molecule has 5 rings (SSSR count). The minimum Gasteiger partial charge on any atom is -0.497 e. The Labute approximate surface area is 221 Å². The number of hydrogen-bond acceptors (Lipinski definition) is 7. The van der Waals surface area contributed by atoms with Gasteiger partial charge >= 0.3 is 5.97 Å². The van der Waals surface area contributed by atoms with Crippen molar-refractivity contribution >= 4 is 5.97 Å². The van der Waals surface area contributed by atoms with E-state index in [9.17, 15) is 15.0 Å². The lowest BCUT2D eigenvalue weighted by Crippen LogP contribution is -2.19. The van der Waals surface area contributed by atoms with Crippen LogP contribution in [0.1, 0.15) is 53.9 Å². The molecule has 0 aromatic heterocycles. The van der Waals surface area contributed by atoms with Crippen molar-refractivity contribution < 1.29 is 38.7 Å². The fourth-order valence-electron chi connectivity index (χ4n) is 5.62. The molecule has 3 unspecified atom stereocenters. The van der Waals surface area contributed by atoms with Crippen LogP contribution < -0.4 is 23.7 Å². The molecule has 8 nitrogen and oxygen atoms in total. The van der Waals surface area contributed by atoms with Crippen LogP contribution in [0.4, 0.5) is 0 Å². The molecular weight excluding hydrogens is 488 g/mol. The number of ether oxygens (including phenoxy) is 5. The second-order valence-electron chi connectivity index (χ2n) is 9.44. The van der Waals surface area contributed by atoms with Gasteiger partial charge in [-0.3, -0.25) is 4.79 Å². The van der Waals surface area contributed by atoms with E-state index in [-0.39, 0.29) is 44.2 Å². The number of aliphatic hydroxyl groups is 1. The van der Waals surface area contributed by atoms with E-state index in [1.54, 1.807) is 13.2 Å². The van der Waals surface area contributed by atoms with Gasteiger partial charge in [0.25, 0.3) is 0 Å². The number of carboxylic acid groups (broad SMARTS) is 1. The van der Waals surface area contributed by atoms with Crippen LogP contribution >= 0.6 is 0 Å². The summed E-state index contributed by atoms with van der Waals surface area (Å²) in [4.78, 5) is 12.3. The zero-order chi connectivity index (χ0) is 26.6. The Morgan fingerprint density at radius 1 is 0.895 bits per heavy atom. The van der Waals surface area contributed by atoms with Crippen LogP contribution in [-0.4, -0.2) is 49.9 Å². The highest BCUT2D eigenvalue weighted by molar-refractivity contribution is 5.69. The molecule has 0 bridgehead atoms. The summed E-state index contributed by atoms with van der Waals surface area (Å²) in [5.74, 6) is 1.51. The molecule has 0 fully saturated rings. The average molecular weight is 521 g/mol. The monoisotopic (exact) mass is 520 g/mol. The number of aliphatic carboxylic acids is 1. The third-order valence-electron chi connectivity index (χ3n) is 7.13. The van der Waals surface area contributed by atoms with Gasteiger partial charge in [0.2, 0.25) is 6.79 Å². The zero-order valence-electron chi connectivity index (χ0n) is 21.5. The van der Waals surface area contributed by atoms with Crippen LogP contribution in [0.25, 0.3) is 0 Å². The topological polar surface area (TPSA) is 104 Å². The van der Waals surface area contributed by atoms with Crippen LogP contribution in [0.15, 0.2) is 54.6 Å². The first-order valence-corrected chi connectivity index (χ1v) is 12.8. The Hall–Kier alpha value is -3.91. The maximum atomic E-state index is 12.3. The maximum absolute atomic E-state index is 12.3. The number of aliphatic hydroxyl groups excluding tert-OH is 1. The van der Waals surface area contributed by atoms with Crippen LogP contribution in [0.3, 0.4) is 0 Å². The van der Waals surface area contributed by atoms with E-state index in [1.807, 2.05) is 48.5 Å². The Kier molecular flexibility index (Phi) is 7.60. The van der Waals surface area contributed by atoms with Crippen molar-refractivity contribution in [3.63, 3.8) is 0 Å². The van der Waals surface area contributed by atoms with Crippen molar-refractivity contribution in [3.8, 4) is 28.7 Å². The minimum absolute atomic E-state index is 0.0604. The highest BCUT2D eigenvalue weighted by Gasteiger charge is 2.45. The fraction of sp³-hybridized carbons (Fsp3) is 0.367. The Bertz CT molecular complexity index is 1300. The van der Waals surface area contributed by atoms with Gasteiger partial charge in [-0.2, -0.15) is 0 Å². The second-order valence-corrected chi connectivity index (χ2v) is 9.44. The number of hydrogen-bond donors (Lipinski definition) is 2. The summed E-state index contributed by atoms with van der Waals surface area (Å²) >= 11 is 0. The molecule has 3 atom stereocenters. The van der Waals surface area contributed by atoms with Crippen LogP contribution in [0, 0.1) is 5.92 Å². The smallest absolute Gasteiger partial charge is 0.303 e. The van der Waals surface area contributed by atoms with Crippen molar-refractivity contribution in [1.29, 1.82) is 0 Å². The van der Waals surface area contributed by atoms with E-state index < -0.39 is 5.97 Å². The summed E-state index contributed by atoms with van der Waals surface area (Å²) in [6.45, 7) is 2.76. The van der Waals surface area contributed by atoms with Gasteiger partial charge < -0.3 is 33.9 Å². The van der Waals surface area contributed by atoms with Crippen molar-refractivity contribution in [2.75, 3.05) is 33.7 Å². The third kappa shape index (κ3) is 4.96. The SMILES string of the molecule is CCCOc1ccc2c(c1)C(c1ccc(OC)cc1OCCO)C(CC(=O)O)C2c1ccc2c(c1)OCO2. The summed E-state index contributed by atoms with van der Waals surface area (Å²) in [6.07, 6.45) is 0.814. The first-order valence-electron chi connectivity index (χ1n) is 12.8. The first kappa shape index (κ1) is 25.7. The van der Waals surface area contributed by atoms with Crippen molar-refractivity contribution in [3.05, 3.63) is 76.9 Å². The predicted molar refractivity (Wildman–Crippen MR) is 140 cm³/mol. The summed E-state index contributed by atoms with van der Waals surface area (Å²) in [6, 6.07) is 17.4. The summed E-state index contributed by atoms with van der Waals surface area (Å²) in [5, 5.41) is 19.5. The lowest BCUT2D eigenvalue weighted by molar-refractivity contribution is -0.138. The molecule has 0 amide bonds.